The Balaban J connectivity index is 2.35. The van der Waals surface area contributed by atoms with Crippen LogP contribution in [0.5, 0.6) is 0 Å². The molecule has 0 fully saturated rings. The largest absolute Gasteiger partial charge is 0.366 e. The number of amides is 1. The second kappa shape index (κ2) is 3.98. The fourth-order valence-electron chi connectivity index (χ4n) is 1.30. The maximum absolute atomic E-state index is 10.9. The maximum Gasteiger partial charge on any atom is 0.251 e. The third-order valence-corrected chi connectivity index (χ3v) is 2.16. The average molecular weight is 215 g/mol. The molecule has 1 amide bonds. The Morgan fingerprint density at radius 3 is 2.50 bits per heavy atom. The van der Waals surface area contributed by atoms with Crippen LogP contribution in [-0.4, -0.2) is 22.0 Å². The Kier molecular flexibility index (Phi) is 2.51. The highest BCUT2D eigenvalue weighted by Gasteiger charge is 2.04. The van der Waals surface area contributed by atoms with E-state index < -0.39 is 5.91 Å². The third-order valence-electron chi connectivity index (χ3n) is 2.16. The third kappa shape index (κ3) is 1.83. The number of hydrogen-bond donors (Lipinski definition) is 1. The monoisotopic (exact) mass is 215 g/mol. The summed E-state index contributed by atoms with van der Waals surface area (Å²) in [5, 5.41) is 3.99. The highest BCUT2D eigenvalue weighted by Crippen LogP contribution is 2.09. The van der Waals surface area contributed by atoms with E-state index in [2.05, 4.69) is 5.10 Å². The van der Waals surface area contributed by atoms with Gasteiger partial charge in [-0.15, -0.1) is 0 Å². The van der Waals surface area contributed by atoms with Gasteiger partial charge in [-0.05, 0) is 24.3 Å². The first-order valence-electron chi connectivity index (χ1n) is 4.61. The first-order valence-corrected chi connectivity index (χ1v) is 4.61. The Hall–Kier alpha value is -2.43. The highest BCUT2D eigenvalue weighted by atomic mass is 16.1. The molecule has 0 saturated carbocycles. The van der Waals surface area contributed by atoms with Crippen LogP contribution in [0.25, 0.3) is 5.69 Å². The number of hydrogen-bond acceptors (Lipinski definition) is 3. The molecule has 2 aromatic rings. The zero-order chi connectivity index (χ0) is 11.5. The van der Waals surface area contributed by atoms with Crippen LogP contribution in [0.3, 0.4) is 0 Å². The van der Waals surface area contributed by atoms with Gasteiger partial charge in [0.05, 0.1) is 17.4 Å². The number of benzene rings is 1. The molecule has 80 valence electrons. The molecule has 0 aliphatic heterocycles. The fraction of sp³-hybridized carbons (Fsp3) is 0. The fourth-order valence-corrected chi connectivity index (χ4v) is 1.30. The molecule has 2 N–H and O–H groups in total. The number of carbonyl (C=O) groups is 2. The number of rotatable bonds is 3. The van der Waals surface area contributed by atoms with E-state index in [4.69, 9.17) is 5.73 Å². The van der Waals surface area contributed by atoms with Gasteiger partial charge in [-0.2, -0.15) is 5.10 Å². The van der Waals surface area contributed by atoms with Crippen molar-refractivity contribution in [3.05, 3.63) is 47.8 Å². The van der Waals surface area contributed by atoms with E-state index in [1.54, 1.807) is 24.3 Å². The van der Waals surface area contributed by atoms with E-state index >= 15 is 0 Å². The molecule has 1 heterocycles. The lowest BCUT2D eigenvalue weighted by Crippen LogP contribution is -2.09. The first-order chi connectivity index (χ1) is 7.70. The topological polar surface area (TPSA) is 78.0 Å². The number of aromatic nitrogens is 2. The van der Waals surface area contributed by atoms with E-state index in [1.165, 1.54) is 17.1 Å². The molecule has 0 unspecified atom stereocenters. The molecule has 0 radical (unpaired) electrons. The van der Waals surface area contributed by atoms with Gasteiger partial charge in [-0.1, -0.05) is 0 Å². The van der Waals surface area contributed by atoms with Crippen molar-refractivity contribution in [2.75, 3.05) is 0 Å². The summed E-state index contributed by atoms with van der Waals surface area (Å²) in [5.41, 5.74) is 6.81. The quantitative estimate of drug-likeness (QED) is 0.768. The van der Waals surface area contributed by atoms with E-state index in [0.717, 1.165) is 12.0 Å². The number of nitrogens with zero attached hydrogens (tertiary/aromatic N) is 2. The number of primary amides is 1. The highest BCUT2D eigenvalue weighted by molar-refractivity contribution is 5.92. The summed E-state index contributed by atoms with van der Waals surface area (Å²) >= 11 is 0. The van der Waals surface area contributed by atoms with Crippen molar-refractivity contribution in [3.63, 3.8) is 0 Å². The van der Waals surface area contributed by atoms with E-state index in [0.29, 0.717) is 11.1 Å². The smallest absolute Gasteiger partial charge is 0.251 e. The molecule has 0 aliphatic rings. The SMILES string of the molecule is NC(=O)c1cnn(-c2ccc(C=O)cc2)c1. The lowest BCUT2D eigenvalue weighted by Gasteiger charge is -2.00. The van der Waals surface area contributed by atoms with Crippen molar-refractivity contribution in [2.24, 2.45) is 5.73 Å². The Morgan fingerprint density at radius 1 is 1.31 bits per heavy atom. The second-order valence-corrected chi connectivity index (χ2v) is 3.25. The van der Waals surface area contributed by atoms with Gasteiger partial charge in [0, 0.05) is 11.8 Å². The van der Waals surface area contributed by atoms with Gasteiger partial charge in [0.25, 0.3) is 5.91 Å². The predicted molar refractivity (Wildman–Crippen MR) is 57.5 cm³/mol. The van der Waals surface area contributed by atoms with Gasteiger partial charge in [0.1, 0.15) is 6.29 Å². The summed E-state index contributed by atoms with van der Waals surface area (Å²) in [4.78, 5) is 21.3. The minimum absolute atomic E-state index is 0.347. The number of nitrogens with two attached hydrogens (primary N) is 1. The Bertz CT molecular complexity index is 528. The minimum atomic E-state index is -0.518. The van der Waals surface area contributed by atoms with Gasteiger partial charge < -0.3 is 5.73 Å². The second-order valence-electron chi connectivity index (χ2n) is 3.25. The van der Waals surface area contributed by atoms with Crippen molar-refractivity contribution in [2.45, 2.75) is 0 Å². The van der Waals surface area contributed by atoms with Crippen LogP contribution < -0.4 is 5.73 Å². The zero-order valence-electron chi connectivity index (χ0n) is 8.33. The standard InChI is InChI=1S/C11H9N3O2/c12-11(16)9-5-13-14(6-9)10-3-1-8(7-15)2-4-10/h1-7H,(H2,12,16). The molecule has 2 rings (SSSR count). The Morgan fingerprint density at radius 2 is 2.00 bits per heavy atom. The summed E-state index contributed by atoms with van der Waals surface area (Å²) in [6.45, 7) is 0. The van der Waals surface area contributed by atoms with Crippen LogP contribution in [-0.2, 0) is 0 Å². The maximum atomic E-state index is 10.9. The van der Waals surface area contributed by atoms with Crippen molar-refractivity contribution in [1.82, 2.24) is 9.78 Å². The first kappa shape index (κ1) is 10.1. The van der Waals surface area contributed by atoms with Crippen LogP contribution in [0.15, 0.2) is 36.7 Å². The molecule has 0 aliphatic carbocycles. The average Bonchev–Trinajstić information content (AvgIpc) is 2.78. The lowest BCUT2D eigenvalue weighted by molar-refractivity contribution is 0.1000. The number of carbonyl (C=O) groups excluding carboxylic acids is 2. The molecular weight excluding hydrogens is 206 g/mol. The van der Waals surface area contributed by atoms with E-state index in [1.807, 2.05) is 0 Å². The molecule has 1 aromatic carbocycles. The van der Waals surface area contributed by atoms with Crippen LogP contribution in [0.4, 0.5) is 0 Å². The minimum Gasteiger partial charge on any atom is -0.366 e. The molecule has 1 aromatic heterocycles. The zero-order valence-corrected chi connectivity index (χ0v) is 8.33. The van der Waals surface area contributed by atoms with Crippen molar-refractivity contribution >= 4 is 12.2 Å². The Labute approximate surface area is 91.5 Å². The van der Waals surface area contributed by atoms with Crippen molar-refractivity contribution in [3.8, 4) is 5.69 Å². The molecule has 16 heavy (non-hydrogen) atoms. The summed E-state index contributed by atoms with van der Waals surface area (Å²) in [7, 11) is 0. The van der Waals surface area contributed by atoms with Gasteiger partial charge in [0.15, 0.2) is 0 Å². The molecule has 0 atom stereocenters. The van der Waals surface area contributed by atoms with Crippen molar-refractivity contribution < 1.29 is 9.59 Å². The molecule has 5 nitrogen and oxygen atoms in total. The molecule has 0 bridgehead atoms. The van der Waals surface area contributed by atoms with Gasteiger partial charge in [-0.3, -0.25) is 9.59 Å². The van der Waals surface area contributed by atoms with Crippen LogP contribution in [0.1, 0.15) is 20.7 Å². The van der Waals surface area contributed by atoms with Gasteiger partial charge >= 0.3 is 0 Å². The molecule has 0 saturated heterocycles. The van der Waals surface area contributed by atoms with Gasteiger partial charge in [0.2, 0.25) is 0 Å². The lowest BCUT2D eigenvalue weighted by atomic mass is 10.2. The molecular formula is C11H9N3O2. The van der Waals surface area contributed by atoms with E-state index in [-0.39, 0.29) is 0 Å². The van der Waals surface area contributed by atoms with Crippen LogP contribution in [0, 0.1) is 0 Å². The predicted octanol–water partition coefficient (Wildman–Crippen LogP) is 0.784. The summed E-state index contributed by atoms with van der Waals surface area (Å²) in [5.74, 6) is -0.518. The van der Waals surface area contributed by atoms with E-state index in [9.17, 15) is 9.59 Å². The normalized spacial score (nSPS) is 10.0. The summed E-state index contributed by atoms with van der Waals surface area (Å²) < 4.78 is 1.52. The number of aldehydes is 1. The van der Waals surface area contributed by atoms with Gasteiger partial charge in [-0.25, -0.2) is 4.68 Å². The summed E-state index contributed by atoms with van der Waals surface area (Å²) in [6, 6.07) is 6.82. The van der Waals surface area contributed by atoms with Crippen LogP contribution in [0.2, 0.25) is 0 Å². The summed E-state index contributed by atoms with van der Waals surface area (Å²) in [6.07, 6.45) is 3.70. The molecule has 5 heteroatoms. The van der Waals surface area contributed by atoms with Crippen molar-refractivity contribution in [1.29, 1.82) is 0 Å². The molecule has 0 spiro atoms. The van der Waals surface area contributed by atoms with Crippen LogP contribution >= 0.6 is 0 Å².